The summed E-state index contributed by atoms with van der Waals surface area (Å²) in [6.07, 6.45) is 7.33. The number of oxazole rings is 1. The number of aliphatic carboxylic acids is 1. The van der Waals surface area contributed by atoms with Gasteiger partial charge in [-0.3, -0.25) is 19.4 Å². The first-order valence-electron chi connectivity index (χ1n) is 9.28. The summed E-state index contributed by atoms with van der Waals surface area (Å²) >= 11 is 0. The quantitative estimate of drug-likeness (QED) is 0.690. The molecule has 156 valence electrons. The van der Waals surface area contributed by atoms with Gasteiger partial charge < -0.3 is 19.2 Å². The number of amides is 1. The number of allylic oxidation sites excluding steroid dienone is 3. The fourth-order valence-electron chi connectivity index (χ4n) is 3.03. The lowest BCUT2D eigenvalue weighted by atomic mass is 10.00. The van der Waals surface area contributed by atoms with Crippen LogP contribution in [0.15, 0.2) is 52.8 Å². The van der Waals surface area contributed by atoms with Crippen LogP contribution in [0, 0.1) is 6.92 Å². The molecule has 1 aliphatic rings. The monoisotopic (exact) mass is 411 g/mol. The third-order valence-corrected chi connectivity index (χ3v) is 4.32. The summed E-state index contributed by atoms with van der Waals surface area (Å²) in [6, 6.07) is 5.19. The van der Waals surface area contributed by atoms with E-state index in [0.29, 0.717) is 23.6 Å². The van der Waals surface area contributed by atoms with Gasteiger partial charge in [-0.2, -0.15) is 0 Å². The van der Waals surface area contributed by atoms with Crippen LogP contribution in [0.4, 0.5) is 0 Å². The number of aryl methyl sites for hydroxylation is 1. The highest BCUT2D eigenvalue weighted by Gasteiger charge is 2.28. The maximum absolute atomic E-state index is 13.0. The predicted octanol–water partition coefficient (Wildman–Crippen LogP) is 2.60. The van der Waals surface area contributed by atoms with Crippen molar-refractivity contribution in [2.45, 2.75) is 32.7 Å². The number of carboxylic acids is 1. The third kappa shape index (κ3) is 5.19. The summed E-state index contributed by atoms with van der Waals surface area (Å²) in [4.78, 5) is 45.1. The summed E-state index contributed by atoms with van der Waals surface area (Å²) in [5.41, 5.74) is 0.902. The zero-order valence-electron chi connectivity index (χ0n) is 16.6. The van der Waals surface area contributed by atoms with Gasteiger partial charge >= 0.3 is 11.9 Å². The molecule has 3 rings (SSSR count). The standard InChI is InChI=1S/C21H21N3O6/c1-13-19(21(28)24(12-18(26)27)11-16-7-3-4-9-22-16)30-20(23-13)15-6-5-8-17(10-15)29-14(2)25/h3-5,7-10,15H,6,11-12H2,1-2H3,(H,26,27). The van der Waals surface area contributed by atoms with Crippen LogP contribution in [0.3, 0.4) is 0 Å². The van der Waals surface area contributed by atoms with Crippen molar-refractivity contribution in [2.75, 3.05) is 6.54 Å². The van der Waals surface area contributed by atoms with E-state index in [4.69, 9.17) is 9.15 Å². The van der Waals surface area contributed by atoms with Crippen LogP contribution >= 0.6 is 0 Å². The Morgan fingerprint density at radius 2 is 2.13 bits per heavy atom. The molecule has 1 N–H and O–H groups in total. The number of carbonyl (C=O) groups is 3. The molecule has 0 bridgehead atoms. The number of ether oxygens (including phenoxy) is 1. The van der Waals surface area contributed by atoms with Crippen molar-refractivity contribution in [1.82, 2.24) is 14.9 Å². The normalized spacial score (nSPS) is 15.4. The van der Waals surface area contributed by atoms with E-state index in [-0.39, 0.29) is 24.1 Å². The highest BCUT2D eigenvalue weighted by atomic mass is 16.5. The van der Waals surface area contributed by atoms with Crippen LogP contribution in [-0.2, 0) is 20.9 Å². The molecule has 1 aliphatic carbocycles. The topological polar surface area (TPSA) is 123 Å². The predicted molar refractivity (Wildman–Crippen MR) is 104 cm³/mol. The van der Waals surface area contributed by atoms with Crippen molar-refractivity contribution in [3.63, 3.8) is 0 Å². The van der Waals surface area contributed by atoms with Gasteiger partial charge in [0.15, 0.2) is 0 Å². The van der Waals surface area contributed by atoms with Crippen LogP contribution in [0.1, 0.15) is 47.1 Å². The molecule has 0 fully saturated rings. The molecule has 1 amide bonds. The number of esters is 1. The molecule has 0 radical (unpaired) electrons. The molecule has 1 unspecified atom stereocenters. The molecule has 9 nitrogen and oxygen atoms in total. The fraction of sp³-hybridized carbons (Fsp3) is 0.286. The summed E-state index contributed by atoms with van der Waals surface area (Å²) in [5.74, 6) is -1.85. The van der Waals surface area contributed by atoms with Crippen LogP contribution in [0.5, 0.6) is 0 Å². The second-order valence-corrected chi connectivity index (χ2v) is 6.75. The first-order chi connectivity index (χ1) is 14.3. The third-order valence-electron chi connectivity index (χ3n) is 4.32. The Morgan fingerprint density at radius 1 is 1.33 bits per heavy atom. The van der Waals surface area contributed by atoms with Crippen LogP contribution in [-0.4, -0.2) is 44.4 Å². The first kappa shape index (κ1) is 21.0. The second kappa shape index (κ2) is 9.17. The van der Waals surface area contributed by atoms with Crippen molar-refractivity contribution in [3.05, 3.63) is 71.4 Å². The molecule has 1 atom stereocenters. The Morgan fingerprint density at radius 3 is 2.80 bits per heavy atom. The number of hydrogen-bond acceptors (Lipinski definition) is 7. The highest BCUT2D eigenvalue weighted by molar-refractivity contribution is 5.94. The molecule has 0 saturated heterocycles. The highest BCUT2D eigenvalue weighted by Crippen LogP contribution is 2.29. The number of hydrogen-bond donors (Lipinski definition) is 1. The smallest absolute Gasteiger partial charge is 0.323 e. The van der Waals surface area contributed by atoms with E-state index in [9.17, 15) is 19.5 Å². The van der Waals surface area contributed by atoms with Crippen LogP contribution < -0.4 is 0 Å². The lowest BCUT2D eigenvalue weighted by molar-refractivity contribution is -0.138. The SMILES string of the molecule is CC(=O)OC1=CC(c2nc(C)c(C(=O)N(CC(=O)O)Cc3ccccn3)o2)CC=C1. The van der Waals surface area contributed by atoms with Crippen molar-refractivity contribution < 1.29 is 28.6 Å². The van der Waals surface area contributed by atoms with Gasteiger partial charge in [-0.05, 0) is 37.6 Å². The van der Waals surface area contributed by atoms with E-state index >= 15 is 0 Å². The summed E-state index contributed by atoms with van der Waals surface area (Å²) in [6.45, 7) is 2.44. The molecule has 0 spiro atoms. The lowest BCUT2D eigenvalue weighted by Gasteiger charge is -2.19. The van der Waals surface area contributed by atoms with Crippen molar-refractivity contribution in [3.8, 4) is 0 Å². The van der Waals surface area contributed by atoms with Gasteiger partial charge in [0.25, 0.3) is 5.91 Å². The van der Waals surface area contributed by atoms with E-state index in [1.807, 2.05) is 6.08 Å². The first-order valence-corrected chi connectivity index (χ1v) is 9.28. The number of rotatable bonds is 7. The second-order valence-electron chi connectivity index (χ2n) is 6.75. The Balaban J connectivity index is 1.83. The van der Waals surface area contributed by atoms with Gasteiger partial charge in [0, 0.05) is 13.1 Å². The fourth-order valence-corrected chi connectivity index (χ4v) is 3.03. The van der Waals surface area contributed by atoms with Crippen molar-refractivity contribution >= 4 is 17.8 Å². The Hall–Kier alpha value is -3.75. The molecular formula is C21H21N3O6. The minimum absolute atomic E-state index is 0.0180. The Bertz CT molecular complexity index is 1010. The summed E-state index contributed by atoms with van der Waals surface area (Å²) < 4.78 is 10.8. The molecule has 2 aromatic rings. The number of pyridine rings is 1. The van der Waals surface area contributed by atoms with E-state index in [0.717, 1.165) is 4.90 Å². The average Bonchev–Trinajstić information content (AvgIpc) is 3.09. The Kier molecular flexibility index (Phi) is 6.41. The van der Waals surface area contributed by atoms with Gasteiger partial charge in [0.1, 0.15) is 12.3 Å². The van der Waals surface area contributed by atoms with E-state index in [1.165, 1.54) is 6.92 Å². The minimum atomic E-state index is -1.15. The zero-order chi connectivity index (χ0) is 21.7. The zero-order valence-corrected chi connectivity index (χ0v) is 16.6. The lowest BCUT2D eigenvalue weighted by Crippen LogP contribution is -2.35. The van der Waals surface area contributed by atoms with E-state index in [2.05, 4.69) is 9.97 Å². The van der Waals surface area contributed by atoms with Gasteiger partial charge in [-0.1, -0.05) is 12.1 Å². The van der Waals surface area contributed by atoms with Crippen molar-refractivity contribution in [2.24, 2.45) is 0 Å². The van der Waals surface area contributed by atoms with E-state index in [1.54, 1.807) is 43.5 Å². The summed E-state index contributed by atoms with van der Waals surface area (Å²) in [7, 11) is 0. The van der Waals surface area contributed by atoms with Crippen LogP contribution in [0.2, 0.25) is 0 Å². The van der Waals surface area contributed by atoms with Crippen LogP contribution in [0.25, 0.3) is 0 Å². The number of nitrogens with zero attached hydrogens (tertiary/aromatic N) is 3. The van der Waals surface area contributed by atoms with Gasteiger partial charge in [0.2, 0.25) is 11.7 Å². The molecule has 2 aromatic heterocycles. The number of carboxylic acid groups (broad SMARTS) is 1. The Labute approximate surface area is 172 Å². The van der Waals surface area contributed by atoms with Gasteiger partial charge in [-0.15, -0.1) is 0 Å². The molecule has 9 heteroatoms. The molecule has 2 heterocycles. The largest absolute Gasteiger partial charge is 0.480 e. The van der Waals surface area contributed by atoms with Gasteiger partial charge in [-0.25, -0.2) is 4.98 Å². The summed E-state index contributed by atoms with van der Waals surface area (Å²) in [5, 5.41) is 9.22. The maximum atomic E-state index is 13.0. The van der Waals surface area contributed by atoms with Gasteiger partial charge in [0.05, 0.1) is 23.9 Å². The minimum Gasteiger partial charge on any atom is -0.480 e. The van der Waals surface area contributed by atoms with Crippen molar-refractivity contribution in [1.29, 1.82) is 0 Å². The maximum Gasteiger partial charge on any atom is 0.323 e. The number of aromatic nitrogens is 2. The molecule has 30 heavy (non-hydrogen) atoms. The molecule has 0 aromatic carbocycles. The molecule has 0 saturated carbocycles. The molecule has 0 aliphatic heterocycles. The molecular weight excluding hydrogens is 390 g/mol. The number of carbonyl (C=O) groups excluding carboxylic acids is 2. The average molecular weight is 411 g/mol. The van der Waals surface area contributed by atoms with E-state index < -0.39 is 24.4 Å².